The number of nitrogens with zero attached hydrogens (tertiary/aromatic N) is 2. The zero-order valence-electron chi connectivity index (χ0n) is 13.1. The van der Waals surface area contributed by atoms with Gasteiger partial charge in [-0.25, -0.2) is 4.99 Å². The molecule has 0 saturated carbocycles. The van der Waals surface area contributed by atoms with E-state index in [4.69, 9.17) is 9.41 Å². The van der Waals surface area contributed by atoms with Crippen molar-refractivity contribution < 1.29 is 4.42 Å². The first-order valence-corrected chi connectivity index (χ1v) is 8.42. The van der Waals surface area contributed by atoms with Crippen molar-refractivity contribution in [2.75, 3.05) is 0 Å². The molecule has 114 valence electrons. The van der Waals surface area contributed by atoms with Gasteiger partial charge in [0.2, 0.25) is 0 Å². The molecular weight excluding hydrogens is 292 g/mol. The maximum absolute atomic E-state index is 5.58. The highest BCUT2D eigenvalue weighted by Gasteiger charge is 2.14. The van der Waals surface area contributed by atoms with Gasteiger partial charge in [0.05, 0.1) is 17.6 Å². The molecule has 0 aliphatic carbocycles. The van der Waals surface area contributed by atoms with Crippen LogP contribution in [-0.4, -0.2) is 4.57 Å². The molecule has 0 amide bonds. The third-order valence-electron chi connectivity index (χ3n) is 3.77. The van der Waals surface area contributed by atoms with Crippen molar-refractivity contribution in [2.24, 2.45) is 4.99 Å². The SMILES string of the molecule is CCC(C)n1c(-c2ccco2)csc1=Nc1cccc(C)c1. The van der Waals surface area contributed by atoms with E-state index in [1.807, 2.05) is 24.3 Å². The molecule has 2 heterocycles. The van der Waals surface area contributed by atoms with Crippen LogP contribution in [0.25, 0.3) is 11.5 Å². The molecular formula is C18H20N2OS. The highest BCUT2D eigenvalue weighted by molar-refractivity contribution is 7.07. The highest BCUT2D eigenvalue weighted by Crippen LogP contribution is 2.25. The molecule has 2 aromatic heterocycles. The molecule has 0 aliphatic heterocycles. The summed E-state index contributed by atoms with van der Waals surface area (Å²) in [6.45, 7) is 6.50. The second-order valence-electron chi connectivity index (χ2n) is 5.46. The molecule has 3 rings (SSSR count). The molecule has 1 unspecified atom stereocenters. The minimum atomic E-state index is 0.370. The third kappa shape index (κ3) is 2.92. The van der Waals surface area contributed by atoms with Gasteiger partial charge in [-0.15, -0.1) is 11.3 Å². The summed E-state index contributed by atoms with van der Waals surface area (Å²) < 4.78 is 7.85. The summed E-state index contributed by atoms with van der Waals surface area (Å²) in [5.41, 5.74) is 3.31. The molecule has 0 fully saturated rings. The Morgan fingerprint density at radius 1 is 1.27 bits per heavy atom. The van der Waals surface area contributed by atoms with Gasteiger partial charge in [0.25, 0.3) is 0 Å². The average Bonchev–Trinajstić information content (AvgIpc) is 3.15. The summed E-state index contributed by atoms with van der Waals surface area (Å²) in [7, 11) is 0. The molecule has 0 bridgehead atoms. The van der Waals surface area contributed by atoms with Crippen LogP contribution in [0.3, 0.4) is 0 Å². The monoisotopic (exact) mass is 312 g/mol. The van der Waals surface area contributed by atoms with Crippen molar-refractivity contribution in [2.45, 2.75) is 33.2 Å². The predicted molar refractivity (Wildman–Crippen MR) is 91.4 cm³/mol. The van der Waals surface area contributed by atoms with Crippen LogP contribution in [0.5, 0.6) is 0 Å². The molecule has 0 radical (unpaired) electrons. The summed E-state index contributed by atoms with van der Waals surface area (Å²) in [4.78, 5) is 5.85. The maximum Gasteiger partial charge on any atom is 0.190 e. The average molecular weight is 312 g/mol. The second kappa shape index (κ2) is 6.36. The lowest BCUT2D eigenvalue weighted by molar-refractivity contribution is 0.509. The van der Waals surface area contributed by atoms with Crippen molar-refractivity contribution in [1.82, 2.24) is 4.57 Å². The Morgan fingerprint density at radius 3 is 2.82 bits per heavy atom. The standard InChI is InChI=1S/C18H20N2OS/c1-4-14(3)20-16(17-9-6-10-21-17)12-22-18(20)19-15-8-5-7-13(2)11-15/h5-12,14H,4H2,1-3H3. The molecule has 3 nitrogen and oxygen atoms in total. The first kappa shape index (κ1) is 14.9. The van der Waals surface area contributed by atoms with E-state index in [1.165, 1.54) is 5.56 Å². The second-order valence-corrected chi connectivity index (χ2v) is 6.30. The fourth-order valence-electron chi connectivity index (χ4n) is 2.42. The summed E-state index contributed by atoms with van der Waals surface area (Å²) in [5.74, 6) is 0.891. The normalized spacial score (nSPS) is 13.5. The Kier molecular flexibility index (Phi) is 4.29. The number of aryl methyl sites for hydroxylation is 1. The minimum Gasteiger partial charge on any atom is -0.463 e. The largest absolute Gasteiger partial charge is 0.463 e. The molecule has 22 heavy (non-hydrogen) atoms. The number of hydrogen-bond donors (Lipinski definition) is 0. The molecule has 0 aliphatic rings. The van der Waals surface area contributed by atoms with Gasteiger partial charge >= 0.3 is 0 Å². The quantitative estimate of drug-likeness (QED) is 0.641. The van der Waals surface area contributed by atoms with Crippen LogP contribution >= 0.6 is 11.3 Å². The first-order chi connectivity index (χ1) is 10.7. The van der Waals surface area contributed by atoms with Gasteiger partial charge < -0.3 is 8.98 Å². The smallest absolute Gasteiger partial charge is 0.190 e. The van der Waals surface area contributed by atoms with Crippen LogP contribution in [-0.2, 0) is 0 Å². The van der Waals surface area contributed by atoms with Crippen LogP contribution < -0.4 is 4.80 Å². The Bertz CT molecular complexity index is 812. The van der Waals surface area contributed by atoms with Gasteiger partial charge in [-0.2, -0.15) is 0 Å². The Hall–Kier alpha value is -2.07. The number of hydrogen-bond acceptors (Lipinski definition) is 3. The predicted octanol–water partition coefficient (Wildman–Crippen LogP) is 5.32. The summed E-state index contributed by atoms with van der Waals surface area (Å²) in [5, 5.41) is 2.12. The van der Waals surface area contributed by atoms with E-state index >= 15 is 0 Å². The minimum absolute atomic E-state index is 0.370. The van der Waals surface area contributed by atoms with E-state index in [9.17, 15) is 0 Å². The van der Waals surface area contributed by atoms with Gasteiger partial charge in [-0.1, -0.05) is 19.1 Å². The van der Waals surface area contributed by atoms with Gasteiger partial charge in [0, 0.05) is 11.4 Å². The van der Waals surface area contributed by atoms with E-state index in [-0.39, 0.29) is 0 Å². The Balaban J connectivity index is 2.16. The van der Waals surface area contributed by atoms with Gasteiger partial charge in [0.1, 0.15) is 0 Å². The van der Waals surface area contributed by atoms with Crippen molar-refractivity contribution >= 4 is 17.0 Å². The molecule has 4 heteroatoms. The zero-order chi connectivity index (χ0) is 15.5. The van der Waals surface area contributed by atoms with Crippen LogP contribution in [0, 0.1) is 6.92 Å². The number of furan rings is 1. The van der Waals surface area contributed by atoms with Crippen LogP contribution in [0.1, 0.15) is 31.9 Å². The lowest BCUT2D eigenvalue weighted by Gasteiger charge is -2.14. The lowest BCUT2D eigenvalue weighted by Crippen LogP contribution is -2.19. The van der Waals surface area contributed by atoms with Crippen molar-refractivity contribution in [3.05, 3.63) is 58.4 Å². The summed E-state index contributed by atoms with van der Waals surface area (Å²) in [6, 6.07) is 12.6. The number of rotatable bonds is 4. The fourth-order valence-corrected chi connectivity index (χ4v) is 3.42. The van der Waals surface area contributed by atoms with Gasteiger partial charge in [0.15, 0.2) is 10.6 Å². The third-order valence-corrected chi connectivity index (χ3v) is 4.61. The van der Waals surface area contributed by atoms with Crippen molar-refractivity contribution in [1.29, 1.82) is 0 Å². The van der Waals surface area contributed by atoms with Crippen molar-refractivity contribution in [3.63, 3.8) is 0 Å². The Morgan fingerprint density at radius 2 is 2.14 bits per heavy atom. The number of benzene rings is 1. The van der Waals surface area contributed by atoms with Crippen LogP contribution in [0.2, 0.25) is 0 Å². The highest BCUT2D eigenvalue weighted by atomic mass is 32.1. The maximum atomic E-state index is 5.58. The zero-order valence-corrected chi connectivity index (χ0v) is 13.9. The topological polar surface area (TPSA) is 30.4 Å². The molecule has 1 atom stereocenters. The molecule has 3 aromatic rings. The van der Waals surface area contributed by atoms with E-state index in [1.54, 1.807) is 17.6 Å². The summed E-state index contributed by atoms with van der Waals surface area (Å²) >= 11 is 1.66. The van der Waals surface area contributed by atoms with E-state index < -0.39 is 0 Å². The van der Waals surface area contributed by atoms with E-state index in [2.05, 4.69) is 42.9 Å². The first-order valence-electron chi connectivity index (χ1n) is 7.54. The van der Waals surface area contributed by atoms with E-state index in [0.29, 0.717) is 6.04 Å². The fraction of sp³-hybridized carbons (Fsp3) is 0.278. The molecule has 0 spiro atoms. The van der Waals surface area contributed by atoms with E-state index in [0.717, 1.165) is 28.4 Å². The molecule has 0 N–H and O–H groups in total. The molecule has 0 saturated heterocycles. The lowest BCUT2D eigenvalue weighted by atomic mass is 10.2. The van der Waals surface area contributed by atoms with Crippen LogP contribution in [0.4, 0.5) is 5.69 Å². The molecule has 1 aromatic carbocycles. The van der Waals surface area contributed by atoms with Gasteiger partial charge in [-0.3, -0.25) is 0 Å². The van der Waals surface area contributed by atoms with Gasteiger partial charge in [-0.05, 0) is 50.1 Å². The Labute approximate surface area is 134 Å². The number of thiazole rings is 1. The van der Waals surface area contributed by atoms with Crippen LogP contribution in [0.15, 0.2) is 57.5 Å². The number of aromatic nitrogens is 1. The summed E-state index contributed by atoms with van der Waals surface area (Å²) in [6.07, 6.45) is 2.76. The van der Waals surface area contributed by atoms with Crippen molar-refractivity contribution in [3.8, 4) is 11.5 Å².